The summed E-state index contributed by atoms with van der Waals surface area (Å²) in [5.41, 5.74) is 2.86. The van der Waals surface area contributed by atoms with Gasteiger partial charge in [0, 0.05) is 24.3 Å². The maximum absolute atomic E-state index is 13.0. The van der Waals surface area contributed by atoms with Crippen molar-refractivity contribution in [2.24, 2.45) is 5.92 Å². The summed E-state index contributed by atoms with van der Waals surface area (Å²) in [6, 6.07) is 4.89. The van der Waals surface area contributed by atoms with Gasteiger partial charge in [0.1, 0.15) is 12.1 Å². The number of piperazine rings is 1. The molecule has 6 heteroatoms. The highest BCUT2D eigenvalue weighted by Gasteiger charge is 2.40. The Morgan fingerprint density at radius 2 is 1.63 bits per heavy atom. The van der Waals surface area contributed by atoms with E-state index >= 15 is 0 Å². The van der Waals surface area contributed by atoms with Crippen LogP contribution in [0.1, 0.15) is 45.2 Å². The van der Waals surface area contributed by atoms with Crippen molar-refractivity contribution in [3.8, 4) is 0 Å². The van der Waals surface area contributed by atoms with E-state index in [-0.39, 0.29) is 23.9 Å². The second kappa shape index (κ2) is 9.33. The molecule has 0 radical (unpaired) electrons. The molecule has 4 N–H and O–H groups in total. The van der Waals surface area contributed by atoms with Gasteiger partial charge in [-0.3, -0.25) is 9.59 Å². The third-order valence-electron chi connectivity index (χ3n) is 5.21. The Morgan fingerprint density at radius 1 is 1.04 bits per heavy atom. The smallest absolute Gasteiger partial charge is 0.243 e. The van der Waals surface area contributed by atoms with Crippen molar-refractivity contribution < 1.29 is 9.59 Å². The van der Waals surface area contributed by atoms with E-state index in [0.29, 0.717) is 12.5 Å². The summed E-state index contributed by atoms with van der Waals surface area (Å²) in [6.45, 7) is 12.8. The maximum atomic E-state index is 13.0. The lowest BCUT2D eigenvalue weighted by atomic mass is 9.96. The van der Waals surface area contributed by atoms with Crippen molar-refractivity contribution in [1.29, 1.82) is 0 Å². The number of amides is 2. The van der Waals surface area contributed by atoms with Gasteiger partial charge >= 0.3 is 0 Å². The Balaban J connectivity index is 2.12. The summed E-state index contributed by atoms with van der Waals surface area (Å²) < 4.78 is 0. The molecule has 1 heterocycles. The predicted octanol–water partition coefficient (Wildman–Crippen LogP) is 2.11. The van der Waals surface area contributed by atoms with E-state index < -0.39 is 12.1 Å². The highest BCUT2D eigenvalue weighted by molar-refractivity contribution is 6.00. The van der Waals surface area contributed by atoms with Gasteiger partial charge in [0.2, 0.25) is 11.8 Å². The number of hydrogen-bond donors (Lipinski definition) is 4. The van der Waals surface area contributed by atoms with E-state index in [1.165, 1.54) is 0 Å². The van der Waals surface area contributed by atoms with Crippen molar-refractivity contribution in [1.82, 2.24) is 16.0 Å². The van der Waals surface area contributed by atoms with Crippen LogP contribution in [0.15, 0.2) is 18.2 Å². The molecule has 1 fully saturated rings. The monoisotopic (exact) mass is 374 g/mol. The molecule has 1 aliphatic rings. The van der Waals surface area contributed by atoms with Crippen LogP contribution in [0.5, 0.6) is 0 Å². The zero-order valence-corrected chi connectivity index (χ0v) is 17.3. The first-order chi connectivity index (χ1) is 12.7. The Bertz CT molecular complexity index is 674. The van der Waals surface area contributed by atoms with E-state index in [4.69, 9.17) is 0 Å². The van der Waals surface area contributed by atoms with E-state index in [2.05, 4.69) is 35.1 Å². The summed E-state index contributed by atoms with van der Waals surface area (Å²) in [7, 11) is 0. The van der Waals surface area contributed by atoms with Gasteiger partial charge in [-0.25, -0.2) is 0 Å². The Kier molecular flexibility index (Phi) is 7.39. The van der Waals surface area contributed by atoms with Gasteiger partial charge in [-0.15, -0.1) is 0 Å². The molecule has 4 atom stereocenters. The standard InChI is InChI=1S/C21H34N4O2/c1-12(2)9-10-22-20(26)18-19(24-16(6)15(5)23-18)21(27)25-17-11-13(3)7-8-14(17)4/h7-8,11-12,15-16,18-19,23-24H,9-10H2,1-6H3,(H,22,26)(H,25,27). The molecule has 0 bridgehead atoms. The Morgan fingerprint density at radius 3 is 2.22 bits per heavy atom. The molecule has 0 aromatic heterocycles. The number of carbonyl (C=O) groups is 2. The number of aryl methyl sites for hydroxylation is 2. The van der Waals surface area contributed by atoms with E-state index in [1.54, 1.807) is 0 Å². The average molecular weight is 375 g/mol. The summed E-state index contributed by atoms with van der Waals surface area (Å²) in [5.74, 6) is 0.187. The molecule has 6 nitrogen and oxygen atoms in total. The van der Waals surface area contributed by atoms with Crippen LogP contribution in [0.4, 0.5) is 5.69 Å². The second-order valence-corrected chi connectivity index (χ2v) is 8.15. The van der Waals surface area contributed by atoms with Crippen LogP contribution in [0.25, 0.3) is 0 Å². The summed E-state index contributed by atoms with van der Waals surface area (Å²) in [6.07, 6.45) is 0.914. The molecule has 1 saturated heterocycles. The molecule has 0 saturated carbocycles. The highest BCUT2D eigenvalue weighted by Crippen LogP contribution is 2.18. The first-order valence-corrected chi connectivity index (χ1v) is 9.87. The number of rotatable bonds is 6. The Hall–Kier alpha value is -1.92. The van der Waals surface area contributed by atoms with Gasteiger partial charge in [-0.05, 0) is 57.2 Å². The van der Waals surface area contributed by atoms with Crippen LogP contribution < -0.4 is 21.3 Å². The van der Waals surface area contributed by atoms with Crippen molar-refractivity contribution in [2.45, 2.75) is 72.1 Å². The van der Waals surface area contributed by atoms with Crippen LogP contribution >= 0.6 is 0 Å². The molecule has 150 valence electrons. The van der Waals surface area contributed by atoms with Gasteiger partial charge in [-0.2, -0.15) is 0 Å². The minimum atomic E-state index is -0.629. The fourth-order valence-corrected chi connectivity index (χ4v) is 3.18. The second-order valence-electron chi connectivity index (χ2n) is 8.15. The van der Waals surface area contributed by atoms with Gasteiger partial charge in [0.15, 0.2) is 0 Å². The summed E-state index contributed by atoms with van der Waals surface area (Å²) in [4.78, 5) is 25.7. The summed E-state index contributed by atoms with van der Waals surface area (Å²) in [5, 5.41) is 12.6. The molecule has 0 spiro atoms. The molecule has 1 aromatic carbocycles. The quantitative estimate of drug-likeness (QED) is 0.615. The van der Waals surface area contributed by atoms with E-state index in [1.807, 2.05) is 45.9 Å². The van der Waals surface area contributed by atoms with Gasteiger partial charge < -0.3 is 21.3 Å². The van der Waals surface area contributed by atoms with Crippen molar-refractivity contribution in [3.63, 3.8) is 0 Å². The van der Waals surface area contributed by atoms with Crippen molar-refractivity contribution >= 4 is 17.5 Å². The predicted molar refractivity (Wildman–Crippen MR) is 110 cm³/mol. The first-order valence-electron chi connectivity index (χ1n) is 9.87. The normalized spacial score (nSPS) is 25.3. The van der Waals surface area contributed by atoms with Crippen molar-refractivity contribution in [3.05, 3.63) is 29.3 Å². The zero-order valence-electron chi connectivity index (χ0n) is 17.3. The number of anilines is 1. The van der Waals surface area contributed by atoms with Crippen LogP contribution in [-0.4, -0.2) is 42.5 Å². The van der Waals surface area contributed by atoms with Gasteiger partial charge in [0.25, 0.3) is 0 Å². The third-order valence-corrected chi connectivity index (χ3v) is 5.21. The van der Waals surface area contributed by atoms with Crippen LogP contribution in [-0.2, 0) is 9.59 Å². The summed E-state index contributed by atoms with van der Waals surface area (Å²) >= 11 is 0. The number of benzene rings is 1. The van der Waals surface area contributed by atoms with E-state index in [9.17, 15) is 9.59 Å². The molecular formula is C21H34N4O2. The minimum Gasteiger partial charge on any atom is -0.355 e. The van der Waals surface area contributed by atoms with Gasteiger partial charge in [-0.1, -0.05) is 26.0 Å². The molecule has 27 heavy (non-hydrogen) atoms. The fourth-order valence-electron chi connectivity index (χ4n) is 3.18. The molecule has 0 aliphatic carbocycles. The Labute approximate surface area is 162 Å². The largest absolute Gasteiger partial charge is 0.355 e. The van der Waals surface area contributed by atoms with Gasteiger partial charge in [0.05, 0.1) is 0 Å². The lowest BCUT2D eigenvalue weighted by molar-refractivity contribution is -0.129. The first kappa shape index (κ1) is 21.4. The highest BCUT2D eigenvalue weighted by atomic mass is 16.2. The van der Waals surface area contributed by atoms with E-state index in [0.717, 1.165) is 23.2 Å². The van der Waals surface area contributed by atoms with Crippen LogP contribution in [0.2, 0.25) is 0 Å². The molecular weight excluding hydrogens is 340 g/mol. The fraction of sp³-hybridized carbons (Fsp3) is 0.619. The minimum absolute atomic E-state index is 0.0825. The maximum Gasteiger partial charge on any atom is 0.243 e. The number of nitrogens with one attached hydrogen (secondary N) is 4. The molecule has 4 unspecified atom stereocenters. The number of carbonyl (C=O) groups excluding carboxylic acids is 2. The molecule has 2 amide bonds. The molecule has 1 aliphatic heterocycles. The van der Waals surface area contributed by atoms with Crippen LogP contribution in [0.3, 0.4) is 0 Å². The third kappa shape index (κ3) is 5.78. The lowest BCUT2D eigenvalue weighted by Gasteiger charge is -2.39. The SMILES string of the molecule is Cc1ccc(C)c(NC(=O)C2NC(C)C(C)NC2C(=O)NCCC(C)C)c1. The van der Waals surface area contributed by atoms with Crippen LogP contribution in [0, 0.1) is 19.8 Å². The average Bonchev–Trinajstić information content (AvgIpc) is 2.59. The topological polar surface area (TPSA) is 82.3 Å². The number of hydrogen-bond acceptors (Lipinski definition) is 4. The molecule has 2 rings (SSSR count). The lowest BCUT2D eigenvalue weighted by Crippen LogP contribution is -2.71. The zero-order chi connectivity index (χ0) is 20.1. The molecule has 1 aromatic rings. The van der Waals surface area contributed by atoms with Crippen molar-refractivity contribution in [2.75, 3.05) is 11.9 Å².